The maximum absolute atomic E-state index is 3.71. The summed E-state index contributed by atoms with van der Waals surface area (Å²) in [5.74, 6) is 0. The minimum atomic E-state index is -3.63. The van der Waals surface area contributed by atoms with Crippen LogP contribution < -0.4 is 0 Å². The molecule has 142 valence electrons. The average molecular weight is 416 g/mol. The number of hydrogen-bond acceptors (Lipinski definition) is 0. The van der Waals surface area contributed by atoms with Crippen LogP contribution >= 0.6 is 9.24 Å². The third-order valence-electron chi connectivity index (χ3n) is 21.6. The van der Waals surface area contributed by atoms with Gasteiger partial charge in [0.25, 0.3) is 0 Å². The molecular formula is C22H37FePSi. The van der Waals surface area contributed by atoms with Gasteiger partial charge in [-0.2, -0.15) is 0 Å². The van der Waals surface area contributed by atoms with E-state index in [0.29, 0.717) is 16.0 Å². The van der Waals surface area contributed by atoms with Crippen molar-refractivity contribution in [3.63, 3.8) is 0 Å². The third-order valence-corrected chi connectivity index (χ3v) is 83.3. The van der Waals surface area contributed by atoms with Gasteiger partial charge in [0.1, 0.15) is 0 Å². The normalized spacial score (nSPS) is 99.2. The van der Waals surface area contributed by atoms with E-state index in [0.717, 1.165) is 21.2 Å². The molecule has 10 aliphatic heterocycles. The number of hydrogen-bond donors (Lipinski definition) is 0. The van der Waals surface area contributed by atoms with Crippen molar-refractivity contribution >= 4 is 19.5 Å². The summed E-state index contributed by atoms with van der Waals surface area (Å²) in [6.45, 7) is 20.9. The van der Waals surface area contributed by atoms with Gasteiger partial charge in [-0.15, -0.1) is 0 Å². The average Bonchev–Trinajstić information content (AvgIpc) is 3.40. The second-order valence-corrected chi connectivity index (χ2v) is 43.3. The van der Waals surface area contributed by atoms with Crippen LogP contribution in [0.5, 0.6) is 0 Å². The third kappa shape index (κ3) is 0.152. The summed E-state index contributed by atoms with van der Waals surface area (Å²) >= 11 is 0. The molecule has 0 nitrogen and oxygen atoms in total. The fraction of sp³-hybridized carbons (Fsp3) is 1.00. The van der Waals surface area contributed by atoms with Crippen molar-refractivity contribution in [2.75, 3.05) is 0 Å². The van der Waals surface area contributed by atoms with E-state index < -0.39 is 6.51 Å². The SMILES string of the molecule is CC(C)(C)C(P)(C(C)(C)C)[C]12[C]3(C)[C]4(C)[C]5(C)[C]1([SiH3])[Fe]45321678[CH]2[CH]1[CH]6[CH]7[CH]28. The van der Waals surface area contributed by atoms with Crippen LogP contribution in [-0.4, -0.2) is 15.4 Å². The van der Waals surface area contributed by atoms with Crippen LogP contribution in [0.15, 0.2) is 0 Å². The van der Waals surface area contributed by atoms with E-state index in [2.05, 4.69) is 71.6 Å². The van der Waals surface area contributed by atoms with Crippen molar-refractivity contribution in [2.45, 2.75) is 113 Å². The van der Waals surface area contributed by atoms with Gasteiger partial charge in [0.15, 0.2) is 0 Å². The van der Waals surface area contributed by atoms with E-state index in [1.54, 1.807) is 10.2 Å². The van der Waals surface area contributed by atoms with E-state index in [1.165, 1.54) is 24.1 Å². The van der Waals surface area contributed by atoms with Crippen molar-refractivity contribution < 1.29 is 6.51 Å². The second-order valence-electron chi connectivity index (χ2n) is 16.6. The summed E-state index contributed by atoms with van der Waals surface area (Å²) in [5.41, 5.74) is 0.780. The fourth-order valence-electron chi connectivity index (χ4n) is 25.7. The van der Waals surface area contributed by atoms with Gasteiger partial charge in [-0.25, -0.2) is 0 Å². The molecular weight excluding hydrogens is 379 g/mol. The Balaban J connectivity index is 1.55. The van der Waals surface area contributed by atoms with Gasteiger partial charge in [-0.05, 0) is 0 Å². The van der Waals surface area contributed by atoms with Gasteiger partial charge in [0, 0.05) is 0 Å². The molecule has 6 atom stereocenters. The van der Waals surface area contributed by atoms with E-state index in [-0.39, 0.29) is 0 Å². The van der Waals surface area contributed by atoms with E-state index in [1.807, 2.05) is 0 Å². The molecule has 10 aliphatic rings. The molecule has 10 saturated heterocycles. The quantitative estimate of drug-likeness (QED) is 0.347. The van der Waals surface area contributed by atoms with Crippen molar-refractivity contribution in [3.8, 4) is 0 Å². The van der Waals surface area contributed by atoms with Crippen LogP contribution in [0, 0.1) is 10.8 Å². The van der Waals surface area contributed by atoms with Crippen LogP contribution in [0.25, 0.3) is 0 Å². The first kappa shape index (κ1) is 13.4. The Morgan fingerprint density at radius 1 is 0.720 bits per heavy atom. The van der Waals surface area contributed by atoms with Gasteiger partial charge in [0.05, 0.1) is 0 Å². The van der Waals surface area contributed by atoms with Crippen LogP contribution in [-0.2, 0) is 6.51 Å². The van der Waals surface area contributed by atoms with Crippen molar-refractivity contribution in [1.82, 2.24) is 0 Å². The Morgan fingerprint density at radius 2 is 1.08 bits per heavy atom. The molecule has 10 rings (SSSR count). The zero-order valence-electron chi connectivity index (χ0n) is 17.8. The summed E-state index contributed by atoms with van der Waals surface area (Å²) in [5, 5.41) is 0.440. The van der Waals surface area contributed by atoms with E-state index in [4.69, 9.17) is 0 Å². The van der Waals surface area contributed by atoms with Gasteiger partial charge in [-0.3, -0.25) is 0 Å². The second kappa shape index (κ2) is 1.23. The summed E-state index contributed by atoms with van der Waals surface area (Å²) in [6, 6.07) is 0. The van der Waals surface area contributed by atoms with E-state index >= 15 is 0 Å². The number of fused-ring (bicyclic) bond motifs is 10. The van der Waals surface area contributed by atoms with Gasteiger partial charge in [0.2, 0.25) is 0 Å². The first-order valence-electron chi connectivity index (χ1n) is 10.9. The van der Waals surface area contributed by atoms with Crippen LogP contribution in [0.1, 0.15) is 62.3 Å². The maximum atomic E-state index is 3.71. The zero-order valence-corrected chi connectivity index (χ0v) is 22.1. The molecule has 1 spiro atoms. The molecule has 0 aliphatic carbocycles. The summed E-state index contributed by atoms with van der Waals surface area (Å²) in [6.07, 6.45) is 0. The molecule has 10 heterocycles. The van der Waals surface area contributed by atoms with Crippen molar-refractivity contribution in [2.24, 2.45) is 10.8 Å². The molecule has 0 aromatic rings. The molecule has 0 aromatic heterocycles. The molecule has 3 heteroatoms. The van der Waals surface area contributed by atoms with Crippen LogP contribution in [0.4, 0.5) is 0 Å². The molecule has 0 saturated carbocycles. The summed E-state index contributed by atoms with van der Waals surface area (Å²) < 4.78 is 4.51. The van der Waals surface area contributed by atoms with Crippen LogP contribution in [0.2, 0.25) is 45.3 Å². The zero-order chi connectivity index (χ0) is 18.2. The minimum absolute atomic E-state index is 0.390. The Bertz CT molecular complexity index is 1250. The Kier molecular flexibility index (Phi) is 0.661. The standard InChI is InChI=1S/C17H32PSi.C5H5.Fe/c1-10-11(2)13(14(19)12(10)3)17(18,15(4,5)6)16(7,8)9;1-2-4-5-3-1;/h18H2,1-9,19H3;1-5H;. The van der Waals surface area contributed by atoms with Gasteiger partial charge >= 0.3 is 150 Å². The van der Waals surface area contributed by atoms with E-state index in [9.17, 15) is 0 Å². The monoisotopic (exact) mass is 416 g/mol. The van der Waals surface area contributed by atoms with Crippen LogP contribution in [0.3, 0.4) is 0 Å². The Labute approximate surface area is 149 Å². The molecule has 25 heavy (non-hydrogen) atoms. The number of rotatable bonds is 1. The molecule has 6 unspecified atom stereocenters. The Morgan fingerprint density at radius 3 is 1.20 bits per heavy atom. The summed E-state index contributed by atoms with van der Waals surface area (Å²) in [4.78, 5) is 6.83. The molecule has 0 radical (unpaired) electrons. The fourth-order valence-corrected chi connectivity index (χ4v) is 135. The first-order chi connectivity index (χ1) is 10.9. The van der Waals surface area contributed by atoms with Gasteiger partial charge < -0.3 is 0 Å². The predicted molar refractivity (Wildman–Crippen MR) is 111 cm³/mol. The molecule has 0 N–H and O–H groups in total. The predicted octanol–water partition coefficient (Wildman–Crippen LogP) is 6.32. The molecule has 0 amide bonds. The van der Waals surface area contributed by atoms with Crippen molar-refractivity contribution in [3.05, 3.63) is 0 Å². The molecule has 10 fully saturated rings. The van der Waals surface area contributed by atoms with Gasteiger partial charge in [-0.1, -0.05) is 0 Å². The Hall–Kier alpha value is 1.17. The molecule has 0 bridgehead atoms. The topological polar surface area (TPSA) is 0 Å². The summed E-state index contributed by atoms with van der Waals surface area (Å²) in [7, 11) is 5.25. The van der Waals surface area contributed by atoms with Crippen molar-refractivity contribution in [1.29, 1.82) is 0 Å². The molecule has 0 aromatic carbocycles. The first-order valence-corrected chi connectivity index (χ1v) is 18.4.